The first kappa shape index (κ1) is 22.7. The Hall–Kier alpha value is -3.46. The van der Waals surface area contributed by atoms with Gasteiger partial charge in [0.2, 0.25) is 5.95 Å². The lowest BCUT2D eigenvalue weighted by Crippen LogP contribution is -2.42. The third-order valence-corrected chi connectivity index (χ3v) is 6.00. The summed E-state index contributed by atoms with van der Waals surface area (Å²) in [4.78, 5) is 37.0. The van der Waals surface area contributed by atoms with E-state index in [1.54, 1.807) is 43.6 Å². The molecule has 1 atom stereocenters. The lowest BCUT2D eigenvalue weighted by atomic mass is 10.0. The van der Waals surface area contributed by atoms with E-state index in [1.807, 2.05) is 9.47 Å². The van der Waals surface area contributed by atoms with Crippen LogP contribution in [0.4, 0.5) is 11.6 Å². The molecule has 9 nitrogen and oxygen atoms in total. The van der Waals surface area contributed by atoms with E-state index >= 15 is 0 Å². The summed E-state index contributed by atoms with van der Waals surface area (Å²) < 4.78 is 7.02. The molecule has 3 heterocycles. The summed E-state index contributed by atoms with van der Waals surface area (Å²) in [5.74, 6) is 0.0249. The van der Waals surface area contributed by atoms with Crippen LogP contribution in [0, 0.1) is 0 Å². The molecule has 0 saturated carbocycles. The van der Waals surface area contributed by atoms with Gasteiger partial charge in [-0.05, 0) is 56.9 Å². The fourth-order valence-corrected chi connectivity index (χ4v) is 4.22. The number of aryl methyl sites for hydroxylation is 1. The van der Waals surface area contributed by atoms with Crippen LogP contribution in [0.15, 0.2) is 36.5 Å². The number of nitrogen functional groups attached to an aromatic ring is 1. The number of aromatic nitrogens is 3. The maximum atomic E-state index is 13.1. The molecule has 9 heteroatoms. The molecule has 1 fully saturated rings. The van der Waals surface area contributed by atoms with Crippen LogP contribution in [0.25, 0.3) is 11.2 Å². The molecule has 0 unspecified atom stereocenters. The summed E-state index contributed by atoms with van der Waals surface area (Å²) in [7, 11) is 1.65. The van der Waals surface area contributed by atoms with Crippen molar-refractivity contribution in [3.63, 3.8) is 0 Å². The molecule has 3 aromatic rings. The summed E-state index contributed by atoms with van der Waals surface area (Å²) in [6.07, 6.45) is 5.49. The van der Waals surface area contributed by atoms with E-state index in [-0.39, 0.29) is 17.9 Å². The minimum atomic E-state index is -0.316. The first-order valence-corrected chi connectivity index (χ1v) is 11.3. The number of amides is 2. The van der Waals surface area contributed by atoms with Crippen LogP contribution in [0.2, 0.25) is 0 Å². The molecular weight excluding hydrogens is 420 g/mol. The number of nitrogens with zero attached hydrogens (tertiary/aromatic N) is 4. The van der Waals surface area contributed by atoms with Gasteiger partial charge in [0.25, 0.3) is 11.8 Å². The monoisotopic (exact) mass is 450 g/mol. The van der Waals surface area contributed by atoms with E-state index in [0.717, 1.165) is 32.2 Å². The predicted molar refractivity (Wildman–Crippen MR) is 127 cm³/mol. The largest absolute Gasteiger partial charge is 0.399 e. The average molecular weight is 451 g/mol. The molecule has 0 bridgehead atoms. The van der Waals surface area contributed by atoms with Gasteiger partial charge in [-0.1, -0.05) is 6.07 Å². The number of hydrogen-bond donors (Lipinski definition) is 2. The number of benzene rings is 1. The van der Waals surface area contributed by atoms with Crippen LogP contribution in [0.1, 0.15) is 53.3 Å². The highest BCUT2D eigenvalue weighted by Crippen LogP contribution is 2.23. The van der Waals surface area contributed by atoms with E-state index in [0.29, 0.717) is 47.1 Å². The summed E-state index contributed by atoms with van der Waals surface area (Å²) in [6, 6.07) is 8.73. The molecular formula is C24H30N6O3. The van der Waals surface area contributed by atoms with Crippen molar-refractivity contribution >= 4 is 34.6 Å². The molecule has 2 amide bonds. The molecule has 4 rings (SSSR count). The Balaban J connectivity index is 1.65. The highest BCUT2D eigenvalue weighted by molar-refractivity contribution is 6.04. The van der Waals surface area contributed by atoms with Gasteiger partial charge < -0.3 is 15.4 Å². The minimum absolute atomic E-state index is 0.0316. The maximum absolute atomic E-state index is 13.1. The van der Waals surface area contributed by atoms with E-state index in [9.17, 15) is 9.59 Å². The van der Waals surface area contributed by atoms with Gasteiger partial charge in [0.05, 0.1) is 5.56 Å². The number of hydrogen-bond acceptors (Lipinski definition) is 6. The number of ether oxygens (including phenoxy) is 1. The highest BCUT2D eigenvalue weighted by atomic mass is 16.5. The number of carbonyl (C=O) groups excluding carboxylic acids is 2. The van der Waals surface area contributed by atoms with Gasteiger partial charge in [-0.25, -0.2) is 9.97 Å². The lowest BCUT2D eigenvalue weighted by Gasteiger charge is -2.33. The average Bonchev–Trinajstić information content (AvgIpc) is 3.15. The Bertz CT molecular complexity index is 1160. The highest BCUT2D eigenvalue weighted by Gasteiger charge is 2.25. The Morgan fingerprint density at radius 3 is 2.85 bits per heavy atom. The molecule has 174 valence electrons. The number of methoxy groups -OCH3 is 1. The molecule has 1 aliphatic heterocycles. The Morgan fingerprint density at radius 2 is 2.09 bits per heavy atom. The fraction of sp³-hybridized carbons (Fsp3) is 0.417. The van der Waals surface area contributed by atoms with Crippen LogP contribution in [0.5, 0.6) is 0 Å². The van der Waals surface area contributed by atoms with Crippen molar-refractivity contribution in [3.05, 3.63) is 47.7 Å². The molecule has 0 aliphatic carbocycles. The first-order valence-electron chi connectivity index (χ1n) is 11.3. The van der Waals surface area contributed by atoms with Crippen molar-refractivity contribution in [2.75, 3.05) is 31.3 Å². The number of anilines is 2. The third-order valence-electron chi connectivity index (χ3n) is 6.00. The van der Waals surface area contributed by atoms with Crippen molar-refractivity contribution in [1.29, 1.82) is 0 Å². The number of nitrogens with one attached hydrogen (secondary N) is 1. The van der Waals surface area contributed by atoms with Crippen molar-refractivity contribution < 1.29 is 14.3 Å². The van der Waals surface area contributed by atoms with Gasteiger partial charge >= 0.3 is 0 Å². The second-order valence-electron chi connectivity index (χ2n) is 8.42. The second kappa shape index (κ2) is 9.99. The van der Waals surface area contributed by atoms with Gasteiger partial charge in [0.15, 0.2) is 5.65 Å². The Morgan fingerprint density at radius 1 is 1.24 bits per heavy atom. The van der Waals surface area contributed by atoms with Crippen LogP contribution >= 0.6 is 0 Å². The number of piperidine rings is 1. The van der Waals surface area contributed by atoms with Crippen molar-refractivity contribution in [2.45, 2.75) is 45.2 Å². The SMILES string of the molecule is COCCCn1c(NC(=O)c2cccc(N)c2)nc2cc(C(=O)N3CCCC[C@@H]3C)cnc21. The van der Waals surface area contributed by atoms with Crippen molar-refractivity contribution in [3.8, 4) is 0 Å². The molecule has 1 aromatic carbocycles. The molecule has 3 N–H and O–H groups in total. The van der Waals surface area contributed by atoms with Crippen LogP contribution in [-0.4, -0.2) is 57.6 Å². The van der Waals surface area contributed by atoms with Gasteiger partial charge in [0, 0.05) is 50.3 Å². The lowest BCUT2D eigenvalue weighted by molar-refractivity contribution is 0.0635. The predicted octanol–water partition coefficient (Wildman–Crippen LogP) is 3.32. The number of rotatable bonds is 7. The molecule has 1 aliphatic rings. The second-order valence-corrected chi connectivity index (χ2v) is 8.42. The number of fused-ring (bicyclic) bond motifs is 1. The van der Waals surface area contributed by atoms with Crippen LogP contribution in [0.3, 0.4) is 0 Å². The minimum Gasteiger partial charge on any atom is -0.399 e. The number of nitrogens with two attached hydrogens (primary N) is 1. The zero-order valence-corrected chi connectivity index (χ0v) is 19.1. The van der Waals surface area contributed by atoms with Crippen LogP contribution < -0.4 is 11.1 Å². The van der Waals surface area contributed by atoms with E-state index in [2.05, 4.69) is 22.2 Å². The molecule has 2 aromatic heterocycles. The quantitative estimate of drug-likeness (QED) is 0.421. The van der Waals surface area contributed by atoms with E-state index < -0.39 is 0 Å². The number of likely N-dealkylation sites (tertiary alicyclic amines) is 1. The molecule has 0 spiro atoms. The fourth-order valence-electron chi connectivity index (χ4n) is 4.22. The van der Waals surface area contributed by atoms with Gasteiger partial charge in [-0.3, -0.25) is 19.5 Å². The van der Waals surface area contributed by atoms with Gasteiger partial charge in [-0.15, -0.1) is 0 Å². The first-order chi connectivity index (χ1) is 16.0. The molecule has 1 saturated heterocycles. The third kappa shape index (κ3) is 4.98. The van der Waals surface area contributed by atoms with Crippen molar-refractivity contribution in [2.24, 2.45) is 0 Å². The summed E-state index contributed by atoms with van der Waals surface area (Å²) in [5.41, 5.74) is 8.44. The standard InChI is InChI=1S/C24H30N6O3/c1-16-7-3-4-10-29(16)23(32)18-14-20-21(26-15-18)30(11-6-12-33-2)24(27-20)28-22(31)17-8-5-9-19(25)13-17/h5,8-9,13-16H,3-4,6-7,10-12,25H2,1-2H3,(H,27,28,31)/t16-/m0/s1. The van der Waals surface area contributed by atoms with E-state index in [4.69, 9.17) is 10.5 Å². The Labute approximate surface area is 192 Å². The van der Waals surface area contributed by atoms with Crippen LogP contribution in [-0.2, 0) is 11.3 Å². The number of pyridine rings is 1. The molecule has 0 radical (unpaired) electrons. The summed E-state index contributed by atoms with van der Waals surface area (Å²) in [6.45, 7) is 3.95. The van der Waals surface area contributed by atoms with Gasteiger partial charge in [-0.2, -0.15) is 0 Å². The molecule has 33 heavy (non-hydrogen) atoms. The normalized spacial score (nSPS) is 16.2. The summed E-state index contributed by atoms with van der Waals surface area (Å²) >= 11 is 0. The van der Waals surface area contributed by atoms with Crippen molar-refractivity contribution in [1.82, 2.24) is 19.4 Å². The zero-order valence-electron chi connectivity index (χ0n) is 19.1. The van der Waals surface area contributed by atoms with Gasteiger partial charge in [0.1, 0.15) is 5.52 Å². The number of carbonyl (C=O) groups is 2. The number of imidazole rings is 1. The smallest absolute Gasteiger partial charge is 0.258 e. The summed E-state index contributed by atoms with van der Waals surface area (Å²) in [5, 5.41) is 2.87. The Kier molecular flexibility index (Phi) is 6.88. The zero-order chi connectivity index (χ0) is 23.4. The maximum Gasteiger partial charge on any atom is 0.258 e. The topological polar surface area (TPSA) is 115 Å². The van der Waals surface area contributed by atoms with E-state index in [1.165, 1.54) is 0 Å².